The molecule has 0 radical (unpaired) electrons. The molecule has 1 aromatic heterocycles. The predicted molar refractivity (Wildman–Crippen MR) is 68.1 cm³/mol. The van der Waals surface area contributed by atoms with Gasteiger partial charge in [-0.15, -0.1) is 5.10 Å². The van der Waals surface area contributed by atoms with E-state index in [-0.39, 0.29) is 16.8 Å². The van der Waals surface area contributed by atoms with Crippen molar-refractivity contribution in [3.63, 3.8) is 0 Å². The lowest BCUT2D eigenvalue weighted by atomic mass is 9.95. The highest BCUT2D eigenvalue weighted by Crippen LogP contribution is 2.11. The maximum atomic E-state index is 11.8. The van der Waals surface area contributed by atoms with E-state index < -0.39 is 5.92 Å². The molecular formula is C10H17N5OS. The van der Waals surface area contributed by atoms with Crippen molar-refractivity contribution in [2.24, 2.45) is 17.6 Å². The second-order valence-corrected chi connectivity index (χ2v) is 4.55. The Morgan fingerprint density at radius 1 is 1.59 bits per heavy atom. The lowest BCUT2D eigenvalue weighted by Gasteiger charge is -2.18. The Morgan fingerprint density at radius 3 is 2.76 bits per heavy atom. The van der Waals surface area contributed by atoms with Gasteiger partial charge in [0.15, 0.2) is 0 Å². The number of hydrogen-bond donors (Lipinski definition) is 2. The number of amides is 1. The molecule has 1 aromatic rings. The summed E-state index contributed by atoms with van der Waals surface area (Å²) >= 11 is 4.89. The summed E-state index contributed by atoms with van der Waals surface area (Å²) in [5.41, 5.74) is 5.55. The van der Waals surface area contributed by atoms with Crippen molar-refractivity contribution < 1.29 is 4.79 Å². The van der Waals surface area contributed by atoms with Gasteiger partial charge in [-0.1, -0.05) is 31.3 Å². The molecule has 1 rings (SSSR count). The van der Waals surface area contributed by atoms with Crippen LogP contribution in [0.2, 0.25) is 0 Å². The molecule has 0 saturated carbocycles. The maximum absolute atomic E-state index is 11.8. The van der Waals surface area contributed by atoms with Gasteiger partial charge in [0.2, 0.25) is 5.91 Å². The summed E-state index contributed by atoms with van der Waals surface area (Å²) in [5.74, 6) is -0.452. The number of hydrogen-bond acceptors (Lipinski definition) is 4. The monoisotopic (exact) mass is 255 g/mol. The van der Waals surface area contributed by atoms with Crippen LogP contribution in [0.15, 0.2) is 12.4 Å². The van der Waals surface area contributed by atoms with Crippen molar-refractivity contribution in [2.45, 2.75) is 20.4 Å². The molecule has 0 aliphatic heterocycles. The van der Waals surface area contributed by atoms with Crippen LogP contribution in [0, 0.1) is 11.8 Å². The molecule has 1 unspecified atom stereocenters. The van der Waals surface area contributed by atoms with E-state index in [9.17, 15) is 4.79 Å². The zero-order valence-electron chi connectivity index (χ0n) is 9.96. The molecule has 0 saturated heterocycles. The molecule has 0 aromatic carbocycles. The fourth-order valence-corrected chi connectivity index (χ4v) is 1.90. The third-order valence-corrected chi connectivity index (χ3v) is 2.62. The van der Waals surface area contributed by atoms with Gasteiger partial charge in [-0.05, 0) is 5.92 Å². The summed E-state index contributed by atoms with van der Waals surface area (Å²) in [6.07, 6.45) is 3.33. The summed E-state index contributed by atoms with van der Waals surface area (Å²) in [6.45, 7) is 4.89. The molecule has 0 spiro atoms. The smallest absolute Gasteiger partial charge is 0.230 e. The van der Waals surface area contributed by atoms with Crippen LogP contribution in [-0.2, 0) is 11.3 Å². The van der Waals surface area contributed by atoms with E-state index in [4.69, 9.17) is 18.0 Å². The highest BCUT2D eigenvalue weighted by atomic mass is 32.1. The van der Waals surface area contributed by atoms with E-state index in [0.29, 0.717) is 13.1 Å². The molecule has 0 aliphatic rings. The molecule has 0 fully saturated rings. The van der Waals surface area contributed by atoms with E-state index in [1.54, 1.807) is 17.1 Å². The van der Waals surface area contributed by atoms with Crippen molar-refractivity contribution in [2.75, 3.05) is 6.54 Å². The van der Waals surface area contributed by atoms with Crippen LogP contribution in [-0.4, -0.2) is 32.4 Å². The number of nitrogens with zero attached hydrogens (tertiary/aromatic N) is 3. The number of carbonyl (C=O) groups is 1. The standard InChI is InChI=1S/C10H17N5OS/c1-7(2)8(9(11)17)10(16)12-3-5-15-6-4-13-14-15/h4,6-8H,3,5H2,1-2H3,(H2,11,17)(H,12,16). The third kappa shape index (κ3) is 4.10. The summed E-state index contributed by atoms with van der Waals surface area (Å²) < 4.78 is 1.64. The molecule has 1 atom stereocenters. The number of thiocarbonyl (C=S) groups is 1. The Labute approximate surface area is 106 Å². The molecule has 0 aliphatic carbocycles. The predicted octanol–water partition coefficient (Wildman–Crippen LogP) is -0.0474. The van der Waals surface area contributed by atoms with E-state index in [1.165, 1.54) is 0 Å². The normalized spacial score (nSPS) is 12.4. The molecule has 0 bridgehead atoms. The minimum Gasteiger partial charge on any atom is -0.393 e. The number of carbonyl (C=O) groups excluding carboxylic acids is 1. The second-order valence-electron chi connectivity index (χ2n) is 4.08. The van der Waals surface area contributed by atoms with Gasteiger partial charge in [-0.25, -0.2) is 0 Å². The summed E-state index contributed by atoms with van der Waals surface area (Å²) in [5, 5.41) is 10.3. The van der Waals surface area contributed by atoms with Crippen molar-refractivity contribution in [3.05, 3.63) is 12.4 Å². The molecule has 1 heterocycles. The van der Waals surface area contributed by atoms with Crippen LogP contribution in [0.3, 0.4) is 0 Å². The fourth-order valence-electron chi connectivity index (χ4n) is 1.52. The number of rotatable bonds is 6. The molecule has 7 heteroatoms. The van der Waals surface area contributed by atoms with Gasteiger partial charge < -0.3 is 11.1 Å². The zero-order valence-corrected chi connectivity index (χ0v) is 10.8. The minimum absolute atomic E-state index is 0.0962. The number of aromatic nitrogens is 3. The Hall–Kier alpha value is -1.50. The van der Waals surface area contributed by atoms with Gasteiger partial charge in [0.1, 0.15) is 0 Å². The summed E-state index contributed by atoms with van der Waals surface area (Å²) in [6, 6.07) is 0. The van der Waals surface area contributed by atoms with Gasteiger partial charge in [0, 0.05) is 12.7 Å². The quantitative estimate of drug-likeness (QED) is 0.696. The SMILES string of the molecule is CC(C)C(C(=O)NCCn1ccnn1)C(N)=S. The second kappa shape index (κ2) is 6.29. The minimum atomic E-state index is -0.416. The Balaban J connectivity index is 2.40. The first kappa shape index (κ1) is 13.6. The molecule has 17 heavy (non-hydrogen) atoms. The van der Waals surface area contributed by atoms with Gasteiger partial charge in [0.25, 0.3) is 0 Å². The van der Waals surface area contributed by atoms with E-state index in [1.807, 2.05) is 13.8 Å². The van der Waals surface area contributed by atoms with E-state index >= 15 is 0 Å². The average molecular weight is 255 g/mol. The first-order valence-electron chi connectivity index (χ1n) is 5.43. The summed E-state index contributed by atoms with van der Waals surface area (Å²) in [4.78, 5) is 12.1. The molecule has 94 valence electrons. The lowest BCUT2D eigenvalue weighted by molar-refractivity contribution is -0.124. The molecular weight excluding hydrogens is 238 g/mol. The Kier molecular flexibility index (Phi) is 5.02. The largest absolute Gasteiger partial charge is 0.393 e. The summed E-state index contributed by atoms with van der Waals surface area (Å²) in [7, 11) is 0. The van der Waals surface area contributed by atoms with Crippen LogP contribution >= 0.6 is 12.2 Å². The zero-order chi connectivity index (χ0) is 12.8. The highest BCUT2D eigenvalue weighted by molar-refractivity contribution is 7.80. The van der Waals surface area contributed by atoms with Gasteiger partial charge >= 0.3 is 0 Å². The van der Waals surface area contributed by atoms with Gasteiger partial charge in [-0.2, -0.15) is 0 Å². The van der Waals surface area contributed by atoms with Crippen molar-refractivity contribution in [1.29, 1.82) is 0 Å². The third-order valence-electron chi connectivity index (χ3n) is 2.37. The average Bonchev–Trinajstić information content (AvgIpc) is 2.69. The van der Waals surface area contributed by atoms with Crippen LogP contribution in [0.25, 0.3) is 0 Å². The Bertz CT molecular complexity index is 376. The highest BCUT2D eigenvalue weighted by Gasteiger charge is 2.24. The lowest BCUT2D eigenvalue weighted by Crippen LogP contribution is -2.41. The van der Waals surface area contributed by atoms with Crippen LogP contribution in [0.5, 0.6) is 0 Å². The van der Waals surface area contributed by atoms with Gasteiger partial charge in [-0.3, -0.25) is 9.48 Å². The first-order chi connectivity index (χ1) is 8.02. The van der Waals surface area contributed by atoms with Crippen molar-refractivity contribution >= 4 is 23.1 Å². The van der Waals surface area contributed by atoms with Crippen molar-refractivity contribution in [3.8, 4) is 0 Å². The van der Waals surface area contributed by atoms with Crippen LogP contribution < -0.4 is 11.1 Å². The van der Waals surface area contributed by atoms with E-state index in [2.05, 4.69) is 15.6 Å². The van der Waals surface area contributed by atoms with Crippen LogP contribution in [0.1, 0.15) is 13.8 Å². The Morgan fingerprint density at radius 2 is 2.29 bits per heavy atom. The topological polar surface area (TPSA) is 85.8 Å². The maximum Gasteiger partial charge on any atom is 0.230 e. The first-order valence-corrected chi connectivity index (χ1v) is 5.84. The molecule has 6 nitrogen and oxygen atoms in total. The van der Waals surface area contributed by atoms with E-state index in [0.717, 1.165) is 0 Å². The molecule has 1 amide bonds. The fraction of sp³-hybridized carbons (Fsp3) is 0.600. The number of nitrogens with one attached hydrogen (secondary N) is 1. The van der Waals surface area contributed by atoms with Crippen molar-refractivity contribution in [1.82, 2.24) is 20.3 Å². The molecule has 3 N–H and O–H groups in total. The van der Waals surface area contributed by atoms with Gasteiger partial charge in [0.05, 0.1) is 23.6 Å². The van der Waals surface area contributed by atoms with Crippen LogP contribution in [0.4, 0.5) is 0 Å². The number of nitrogens with two attached hydrogens (primary N) is 1.